The molecule has 0 radical (unpaired) electrons. The van der Waals surface area contributed by atoms with E-state index in [9.17, 15) is 0 Å². The van der Waals surface area contributed by atoms with Crippen molar-refractivity contribution < 1.29 is 0 Å². The third kappa shape index (κ3) is 8.54. The predicted octanol–water partition coefficient (Wildman–Crippen LogP) is 2.91. The summed E-state index contributed by atoms with van der Waals surface area (Å²) in [5.41, 5.74) is 0. The first kappa shape index (κ1) is 23.7. The molecule has 1 aromatic rings. The minimum absolute atomic E-state index is 0. The van der Waals surface area contributed by atoms with Crippen LogP contribution in [0.5, 0.6) is 0 Å². The van der Waals surface area contributed by atoms with Crippen LogP contribution in [0.25, 0.3) is 0 Å². The van der Waals surface area contributed by atoms with Crippen molar-refractivity contribution in [2.24, 2.45) is 10.9 Å². The number of guanidine groups is 1. The van der Waals surface area contributed by atoms with Crippen LogP contribution in [0.4, 0.5) is 0 Å². The van der Waals surface area contributed by atoms with Gasteiger partial charge in [-0.25, -0.2) is 0 Å². The Hall–Kier alpha value is -0.380. The fourth-order valence-corrected chi connectivity index (χ4v) is 3.83. The fourth-order valence-electron chi connectivity index (χ4n) is 3.04. The van der Waals surface area contributed by atoms with E-state index in [2.05, 4.69) is 65.8 Å². The number of halogens is 1. The molecule has 0 saturated carbocycles. The van der Waals surface area contributed by atoms with E-state index in [0.717, 1.165) is 32.1 Å². The zero-order valence-corrected chi connectivity index (χ0v) is 19.8. The maximum Gasteiger partial charge on any atom is 0.191 e. The van der Waals surface area contributed by atoms with Crippen LogP contribution in [0.1, 0.15) is 31.6 Å². The molecule has 150 valence electrons. The highest BCUT2D eigenvalue weighted by atomic mass is 127. The van der Waals surface area contributed by atoms with E-state index in [1.54, 1.807) is 0 Å². The van der Waals surface area contributed by atoms with E-state index in [1.165, 1.54) is 31.1 Å². The number of hydrogen-bond donors (Lipinski definition) is 2. The quantitative estimate of drug-likeness (QED) is 0.332. The Morgan fingerprint density at radius 2 is 1.96 bits per heavy atom. The molecule has 1 saturated heterocycles. The zero-order chi connectivity index (χ0) is 18.1. The highest BCUT2D eigenvalue weighted by molar-refractivity contribution is 14.0. The lowest BCUT2D eigenvalue weighted by atomic mass is 10.1. The van der Waals surface area contributed by atoms with Gasteiger partial charge in [-0.15, -0.1) is 35.3 Å². The topological polar surface area (TPSA) is 42.9 Å². The summed E-state index contributed by atoms with van der Waals surface area (Å²) in [5, 5.41) is 9.01. The summed E-state index contributed by atoms with van der Waals surface area (Å²) in [4.78, 5) is 11.2. The number of nitrogens with one attached hydrogen (secondary N) is 2. The van der Waals surface area contributed by atoms with E-state index < -0.39 is 0 Å². The van der Waals surface area contributed by atoms with Crippen molar-refractivity contribution in [3.05, 3.63) is 22.4 Å². The minimum Gasteiger partial charge on any atom is -0.357 e. The maximum atomic E-state index is 4.81. The third-order valence-corrected chi connectivity index (χ3v) is 5.78. The Bertz CT molecular complexity index is 500. The summed E-state index contributed by atoms with van der Waals surface area (Å²) in [7, 11) is 2.20. The maximum absolute atomic E-state index is 4.81. The first-order chi connectivity index (χ1) is 12.1. The summed E-state index contributed by atoms with van der Waals surface area (Å²) in [5.74, 6) is 2.02. The molecule has 2 N–H and O–H groups in total. The molecule has 0 bridgehead atoms. The van der Waals surface area contributed by atoms with Crippen LogP contribution in [0, 0.1) is 5.92 Å². The van der Waals surface area contributed by atoms with Gasteiger partial charge >= 0.3 is 0 Å². The minimum atomic E-state index is 0. The molecular weight excluding hydrogens is 457 g/mol. The van der Waals surface area contributed by atoms with Crippen LogP contribution >= 0.6 is 35.3 Å². The molecule has 1 fully saturated rings. The Morgan fingerprint density at radius 1 is 1.23 bits per heavy atom. The monoisotopic (exact) mass is 493 g/mol. The third-order valence-electron chi connectivity index (χ3n) is 4.68. The number of rotatable bonds is 8. The van der Waals surface area contributed by atoms with Crippen LogP contribution in [-0.4, -0.2) is 75.2 Å². The van der Waals surface area contributed by atoms with Crippen molar-refractivity contribution in [1.29, 1.82) is 0 Å². The number of nitrogens with zero attached hydrogens (tertiary/aromatic N) is 3. The van der Waals surface area contributed by atoms with Crippen LogP contribution in [-0.2, 0) is 0 Å². The van der Waals surface area contributed by atoms with Gasteiger partial charge in [0.2, 0.25) is 0 Å². The molecule has 1 aliphatic rings. The molecule has 2 rings (SSSR count). The Morgan fingerprint density at radius 3 is 2.58 bits per heavy atom. The van der Waals surface area contributed by atoms with Gasteiger partial charge in [-0.05, 0) is 31.3 Å². The van der Waals surface area contributed by atoms with Gasteiger partial charge in [0.1, 0.15) is 0 Å². The summed E-state index contributed by atoms with van der Waals surface area (Å²) in [6.45, 7) is 15.2. The Kier molecular flexibility index (Phi) is 11.7. The SMILES string of the molecule is CCNC(=NCC(C)CN1CCN(C)CC1)NCC(C)c1cccs1.I. The molecule has 2 atom stereocenters. The summed E-state index contributed by atoms with van der Waals surface area (Å²) >= 11 is 1.82. The molecule has 0 amide bonds. The molecule has 0 aliphatic carbocycles. The second-order valence-corrected chi connectivity index (χ2v) is 8.21. The summed E-state index contributed by atoms with van der Waals surface area (Å²) in [6.07, 6.45) is 0. The lowest BCUT2D eigenvalue weighted by Gasteiger charge is -2.33. The van der Waals surface area contributed by atoms with Crippen LogP contribution < -0.4 is 10.6 Å². The number of thiophene rings is 1. The molecule has 26 heavy (non-hydrogen) atoms. The van der Waals surface area contributed by atoms with Gasteiger partial charge in [0.05, 0.1) is 0 Å². The molecule has 7 heteroatoms. The molecule has 1 aliphatic heterocycles. The van der Waals surface area contributed by atoms with Crippen molar-refractivity contribution in [2.75, 3.05) is 59.4 Å². The molecule has 0 spiro atoms. The van der Waals surface area contributed by atoms with Gasteiger partial charge in [-0.3, -0.25) is 4.99 Å². The summed E-state index contributed by atoms with van der Waals surface area (Å²) in [6, 6.07) is 4.33. The van der Waals surface area contributed by atoms with Crippen LogP contribution in [0.15, 0.2) is 22.5 Å². The van der Waals surface area contributed by atoms with Crippen molar-refractivity contribution in [3.63, 3.8) is 0 Å². The number of likely N-dealkylation sites (N-methyl/N-ethyl adjacent to an activating group) is 1. The van der Waals surface area contributed by atoms with E-state index in [-0.39, 0.29) is 24.0 Å². The van der Waals surface area contributed by atoms with Crippen molar-refractivity contribution in [1.82, 2.24) is 20.4 Å². The normalized spacial score (nSPS) is 18.8. The highest BCUT2D eigenvalue weighted by Crippen LogP contribution is 2.19. The second-order valence-electron chi connectivity index (χ2n) is 7.23. The van der Waals surface area contributed by atoms with Crippen molar-refractivity contribution in [3.8, 4) is 0 Å². The average molecular weight is 494 g/mol. The summed E-state index contributed by atoms with van der Waals surface area (Å²) < 4.78 is 0. The first-order valence-electron chi connectivity index (χ1n) is 9.55. The van der Waals surface area contributed by atoms with E-state index >= 15 is 0 Å². The Labute approximate surface area is 180 Å². The zero-order valence-electron chi connectivity index (χ0n) is 16.7. The fraction of sp³-hybridized carbons (Fsp3) is 0.737. The van der Waals surface area contributed by atoms with Gasteiger partial charge < -0.3 is 20.4 Å². The number of hydrogen-bond acceptors (Lipinski definition) is 4. The second kappa shape index (κ2) is 12.9. The van der Waals surface area contributed by atoms with Crippen molar-refractivity contribution in [2.45, 2.75) is 26.7 Å². The largest absolute Gasteiger partial charge is 0.357 e. The van der Waals surface area contributed by atoms with Gasteiger partial charge in [0, 0.05) is 63.2 Å². The van der Waals surface area contributed by atoms with Gasteiger partial charge in [-0.1, -0.05) is 19.9 Å². The number of aliphatic imine (C=N–C) groups is 1. The smallest absolute Gasteiger partial charge is 0.191 e. The Balaban J connectivity index is 0.00000338. The average Bonchev–Trinajstić information content (AvgIpc) is 3.14. The lowest BCUT2D eigenvalue weighted by Crippen LogP contribution is -2.46. The molecule has 5 nitrogen and oxygen atoms in total. The van der Waals surface area contributed by atoms with Crippen molar-refractivity contribution >= 4 is 41.3 Å². The molecule has 1 aromatic heterocycles. The van der Waals surface area contributed by atoms with E-state index in [1.807, 2.05) is 11.3 Å². The van der Waals surface area contributed by atoms with E-state index in [4.69, 9.17) is 4.99 Å². The van der Waals surface area contributed by atoms with Crippen LogP contribution in [0.2, 0.25) is 0 Å². The first-order valence-corrected chi connectivity index (χ1v) is 10.4. The highest BCUT2D eigenvalue weighted by Gasteiger charge is 2.16. The molecule has 2 unspecified atom stereocenters. The van der Waals surface area contributed by atoms with Crippen LogP contribution in [0.3, 0.4) is 0 Å². The molecule has 2 heterocycles. The standard InChI is InChI=1S/C19H35N5S.HI/c1-5-20-19(22-14-17(3)18-7-6-12-25-18)21-13-16(2)15-24-10-8-23(4)9-11-24;/h6-7,12,16-17H,5,8-11,13-15H2,1-4H3,(H2,20,21,22);1H. The predicted molar refractivity (Wildman–Crippen MR) is 125 cm³/mol. The lowest BCUT2D eigenvalue weighted by molar-refractivity contribution is 0.140. The van der Waals surface area contributed by atoms with Gasteiger partial charge in [0.25, 0.3) is 0 Å². The number of piperazine rings is 1. The molecule has 0 aromatic carbocycles. The molecular formula is C19H36IN5S. The van der Waals surface area contributed by atoms with Gasteiger partial charge in [-0.2, -0.15) is 0 Å². The van der Waals surface area contributed by atoms with Gasteiger partial charge in [0.15, 0.2) is 5.96 Å². The van der Waals surface area contributed by atoms with E-state index in [0.29, 0.717) is 11.8 Å².